The highest BCUT2D eigenvalue weighted by Crippen LogP contribution is 2.16. The Morgan fingerprint density at radius 2 is 2.32 bits per heavy atom. The number of amides is 1. The topological polar surface area (TPSA) is 72.9 Å². The third kappa shape index (κ3) is 3.98. The highest BCUT2D eigenvalue weighted by molar-refractivity contribution is 7.98. The van der Waals surface area contributed by atoms with Crippen molar-refractivity contribution in [2.75, 3.05) is 18.6 Å². The molecule has 1 atom stereocenters. The summed E-state index contributed by atoms with van der Waals surface area (Å²) < 4.78 is 15.1. The third-order valence-corrected chi connectivity index (χ3v) is 4.20. The minimum Gasteiger partial charge on any atom is -0.354 e. The minimum absolute atomic E-state index is 0.140. The highest BCUT2D eigenvalue weighted by atomic mass is 32.2. The molecule has 2 aromatic rings. The number of imidazole rings is 1. The summed E-state index contributed by atoms with van der Waals surface area (Å²) in [6, 6.07) is 4.07. The van der Waals surface area contributed by atoms with Gasteiger partial charge in [-0.3, -0.25) is 4.79 Å². The fourth-order valence-corrected chi connectivity index (χ4v) is 2.74. The van der Waals surface area contributed by atoms with E-state index < -0.39 is 6.04 Å². The lowest BCUT2D eigenvalue weighted by molar-refractivity contribution is -0.122. The molecule has 22 heavy (non-hydrogen) atoms. The van der Waals surface area contributed by atoms with Crippen LogP contribution < -0.4 is 11.1 Å². The number of nitrogens with zero attached hydrogens (tertiary/aromatic N) is 2. The molecule has 0 saturated heterocycles. The van der Waals surface area contributed by atoms with E-state index in [1.807, 2.05) is 17.9 Å². The number of carbonyl (C=O) groups excluding carboxylic acids is 1. The van der Waals surface area contributed by atoms with Gasteiger partial charge in [0.2, 0.25) is 5.91 Å². The molecule has 5 nitrogen and oxygen atoms in total. The number of carbonyl (C=O) groups is 1. The first kappa shape index (κ1) is 16.8. The Labute approximate surface area is 133 Å². The maximum absolute atomic E-state index is 13.2. The van der Waals surface area contributed by atoms with Crippen LogP contribution in [0.25, 0.3) is 11.0 Å². The van der Waals surface area contributed by atoms with Crippen molar-refractivity contribution in [2.24, 2.45) is 12.8 Å². The van der Waals surface area contributed by atoms with E-state index in [0.29, 0.717) is 24.9 Å². The number of benzene rings is 1. The Bertz CT molecular complexity index is 658. The fraction of sp³-hybridized carbons (Fsp3) is 0.467. The van der Waals surface area contributed by atoms with Crippen LogP contribution in [0.4, 0.5) is 4.39 Å². The molecular formula is C15H21FN4OS. The van der Waals surface area contributed by atoms with Crippen LogP contribution in [-0.4, -0.2) is 40.1 Å². The Morgan fingerprint density at radius 3 is 3.05 bits per heavy atom. The Morgan fingerprint density at radius 1 is 1.55 bits per heavy atom. The quantitative estimate of drug-likeness (QED) is 0.808. The average molecular weight is 324 g/mol. The number of thioether (sulfide) groups is 1. The van der Waals surface area contributed by atoms with Crippen LogP contribution in [0.2, 0.25) is 0 Å². The molecule has 0 unspecified atom stereocenters. The van der Waals surface area contributed by atoms with Gasteiger partial charge in [0.25, 0.3) is 0 Å². The zero-order chi connectivity index (χ0) is 16.1. The van der Waals surface area contributed by atoms with Gasteiger partial charge in [-0.05, 0) is 30.6 Å². The van der Waals surface area contributed by atoms with Crippen LogP contribution in [-0.2, 0) is 18.3 Å². The predicted octanol–water partition coefficient (Wildman–Crippen LogP) is 1.45. The summed E-state index contributed by atoms with van der Waals surface area (Å²) in [7, 11) is 1.88. The standard InChI is InChI=1S/C15H21FN4OS/c1-20-13-4-3-10(16)9-12(13)19-14(20)5-7-18-15(21)11(17)6-8-22-2/h3-4,9,11H,5-8,17H2,1-2H3,(H,18,21)/t11-/m0/s1. The Kier molecular flexibility index (Phi) is 5.79. The molecule has 0 aliphatic carbocycles. The van der Waals surface area contributed by atoms with Gasteiger partial charge in [0.1, 0.15) is 11.6 Å². The summed E-state index contributed by atoms with van der Waals surface area (Å²) in [6.45, 7) is 0.464. The molecule has 3 N–H and O–H groups in total. The molecule has 0 saturated carbocycles. The maximum atomic E-state index is 13.2. The van der Waals surface area contributed by atoms with Crippen molar-refractivity contribution in [1.29, 1.82) is 0 Å². The lowest BCUT2D eigenvalue weighted by atomic mass is 10.2. The van der Waals surface area contributed by atoms with E-state index in [4.69, 9.17) is 5.73 Å². The number of fused-ring (bicyclic) bond motifs is 1. The monoisotopic (exact) mass is 324 g/mol. The van der Waals surface area contributed by atoms with E-state index in [9.17, 15) is 9.18 Å². The van der Waals surface area contributed by atoms with Crippen molar-refractivity contribution < 1.29 is 9.18 Å². The van der Waals surface area contributed by atoms with Crippen LogP contribution in [0.1, 0.15) is 12.2 Å². The van der Waals surface area contributed by atoms with Crippen molar-refractivity contribution in [2.45, 2.75) is 18.9 Å². The third-order valence-electron chi connectivity index (χ3n) is 3.55. The van der Waals surface area contributed by atoms with Gasteiger partial charge in [-0.1, -0.05) is 0 Å². The van der Waals surface area contributed by atoms with E-state index in [-0.39, 0.29) is 11.7 Å². The van der Waals surface area contributed by atoms with Gasteiger partial charge in [-0.15, -0.1) is 0 Å². The van der Waals surface area contributed by atoms with Gasteiger partial charge < -0.3 is 15.6 Å². The lowest BCUT2D eigenvalue weighted by Gasteiger charge is -2.11. The van der Waals surface area contributed by atoms with E-state index in [1.54, 1.807) is 17.8 Å². The molecule has 0 radical (unpaired) electrons. The zero-order valence-electron chi connectivity index (χ0n) is 12.8. The summed E-state index contributed by atoms with van der Waals surface area (Å²) in [6.07, 6.45) is 3.23. The molecule has 0 fully saturated rings. The van der Waals surface area contributed by atoms with Gasteiger partial charge in [-0.2, -0.15) is 11.8 Å². The van der Waals surface area contributed by atoms with E-state index in [1.165, 1.54) is 12.1 Å². The molecule has 7 heteroatoms. The highest BCUT2D eigenvalue weighted by Gasteiger charge is 2.13. The van der Waals surface area contributed by atoms with Crippen molar-refractivity contribution in [3.63, 3.8) is 0 Å². The molecule has 1 heterocycles. The number of hydrogen-bond donors (Lipinski definition) is 2. The smallest absolute Gasteiger partial charge is 0.236 e. The summed E-state index contributed by atoms with van der Waals surface area (Å²) in [5.74, 6) is 1.23. The minimum atomic E-state index is -0.470. The molecule has 1 amide bonds. The van der Waals surface area contributed by atoms with Crippen molar-refractivity contribution in [3.8, 4) is 0 Å². The molecule has 0 aliphatic heterocycles. The summed E-state index contributed by atoms with van der Waals surface area (Å²) in [5.41, 5.74) is 7.30. The van der Waals surface area contributed by atoms with Gasteiger partial charge in [0, 0.05) is 26.1 Å². The molecule has 1 aromatic carbocycles. The number of nitrogens with one attached hydrogen (secondary N) is 1. The van der Waals surface area contributed by atoms with Crippen LogP contribution in [0.5, 0.6) is 0 Å². The van der Waals surface area contributed by atoms with Gasteiger partial charge in [0.15, 0.2) is 0 Å². The molecule has 2 rings (SSSR count). The van der Waals surface area contributed by atoms with Gasteiger partial charge in [0.05, 0.1) is 17.1 Å². The Balaban J connectivity index is 1.92. The number of hydrogen-bond acceptors (Lipinski definition) is 4. The molecular weight excluding hydrogens is 303 g/mol. The number of aromatic nitrogens is 2. The SMILES string of the molecule is CSCC[C@H](N)C(=O)NCCc1nc2cc(F)ccc2n1C. The second-order valence-corrected chi connectivity index (χ2v) is 6.13. The molecule has 0 spiro atoms. The normalized spacial score (nSPS) is 12.5. The first-order valence-electron chi connectivity index (χ1n) is 7.16. The summed E-state index contributed by atoms with van der Waals surface area (Å²) in [4.78, 5) is 16.2. The summed E-state index contributed by atoms with van der Waals surface area (Å²) in [5, 5.41) is 2.82. The zero-order valence-corrected chi connectivity index (χ0v) is 13.6. The van der Waals surface area contributed by atoms with E-state index in [2.05, 4.69) is 10.3 Å². The number of rotatable bonds is 7. The van der Waals surface area contributed by atoms with Crippen molar-refractivity contribution in [3.05, 3.63) is 29.8 Å². The average Bonchev–Trinajstić information content (AvgIpc) is 2.80. The molecule has 120 valence electrons. The van der Waals surface area contributed by atoms with Crippen LogP contribution >= 0.6 is 11.8 Å². The molecule has 1 aromatic heterocycles. The van der Waals surface area contributed by atoms with E-state index >= 15 is 0 Å². The Hall–Kier alpha value is -1.60. The largest absolute Gasteiger partial charge is 0.354 e. The maximum Gasteiger partial charge on any atom is 0.236 e. The van der Waals surface area contributed by atoms with Gasteiger partial charge in [-0.25, -0.2) is 9.37 Å². The number of aryl methyl sites for hydroxylation is 1. The van der Waals surface area contributed by atoms with Crippen LogP contribution in [0.3, 0.4) is 0 Å². The van der Waals surface area contributed by atoms with Crippen LogP contribution in [0, 0.1) is 5.82 Å². The molecule has 0 aliphatic rings. The van der Waals surface area contributed by atoms with Crippen molar-refractivity contribution >= 4 is 28.7 Å². The van der Waals surface area contributed by atoms with Crippen LogP contribution in [0.15, 0.2) is 18.2 Å². The summed E-state index contributed by atoms with van der Waals surface area (Å²) >= 11 is 1.67. The van der Waals surface area contributed by atoms with Crippen molar-refractivity contribution in [1.82, 2.24) is 14.9 Å². The first-order valence-corrected chi connectivity index (χ1v) is 8.55. The second-order valence-electron chi connectivity index (χ2n) is 5.15. The second kappa shape index (κ2) is 7.60. The van der Waals surface area contributed by atoms with E-state index in [0.717, 1.165) is 17.1 Å². The lowest BCUT2D eigenvalue weighted by Crippen LogP contribution is -2.41. The van der Waals surface area contributed by atoms with Gasteiger partial charge >= 0.3 is 0 Å². The number of halogens is 1. The number of nitrogens with two attached hydrogens (primary N) is 1. The fourth-order valence-electron chi connectivity index (χ4n) is 2.25. The predicted molar refractivity (Wildman–Crippen MR) is 88.4 cm³/mol. The first-order chi connectivity index (χ1) is 10.5. The molecule has 0 bridgehead atoms.